The number of Topliss-reactive ketones (excluding diaryl/α,β-unsaturated/α-hetero) is 2. The van der Waals surface area contributed by atoms with E-state index in [9.17, 15) is 24.0 Å². The number of nitrogens with one attached hydrogen (secondary N) is 1. The largest absolute Gasteiger partial charge is 0.454 e. The van der Waals surface area contributed by atoms with E-state index >= 15 is 0 Å². The maximum Gasteiger partial charge on any atom is 0.326 e. The minimum Gasteiger partial charge on any atom is -0.454 e. The molecule has 28 heavy (non-hydrogen) atoms. The summed E-state index contributed by atoms with van der Waals surface area (Å²) >= 11 is 0. The number of benzene rings is 2. The molecule has 0 unspecified atom stereocenters. The number of amides is 2. The van der Waals surface area contributed by atoms with Crippen molar-refractivity contribution in [2.45, 2.75) is 6.92 Å². The molecule has 1 aliphatic rings. The first-order valence-electron chi connectivity index (χ1n) is 8.39. The van der Waals surface area contributed by atoms with Gasteiger partial charge in [0, 0.05) is 5.56 Å². The molecule has 0 saturated carbocycles. The summed E-state index contributed by atoms with van der Waals surface area (Å²) in [4.78, 5) is 60.6. The average molecular weight is 380 g/mol. The predicted octanol–water partition coefficient (Wildman–Crippen LogP) is 1.60. The van der Waals surface area contributed by atoms with Gasteiger partial charge in [0.1, 0.15) is 6.54 Å². The zero-order valence-corrected chi connectivity index (χ0v) is 14.9. The van der Waals surface area contributed by atoms with Crippen molar-refractivity contribution >= 4 is 40.7 Å². The summed E-state index contributed by atoms with van der Waals surface area (Å²) in [5.74, 6) is -3.21. The number of rotatable bonds is 6. The third-order valence-corrected chi connectivity index (χ3v) is 4.11. The van der Waals surface area contributed by atoms with Crippen molar-refractivity contribution in [3.8, 4) is 0 Å². The summed E-state index contributed by atoms with van der Waals surface area (Å²) in [5.41, 5.74) is 1.19. The highest BCUT2D eigenvalue weighted by Crippen LogP contribution is 2.28. The minimum absolute atomic E-state index is 0.219. The standard InChI is InChI=1S/C20H16N2O6/c1-12(23)13-6-2-4-8-15(13)21-17(24)11-28-18(25)10-22-16-9-5-3-7-14(16)19(26)20(22)27/h2-9H,10-11H2,1H3,(H,21,24). The molecule has 0 bridgehead atoms. The zero-order valence-electron chi connectivity index (χ0n) is 14.9. The quantitative estimate of drug-likeness (QED) is 0.463. The van der Waals surface area contributed by atoms with E-state index in [0.29, 0.717) is 16.9 Å². The van der Waals surface area contributed by atoms with Gasteiger partial charge in [-0.3, -0.25) is 28.9 Å². The first-order chi connectivity index (χ1) is 13.4. The molecule has 2 aromatic carbocycles. The van der Waals surface area contributed by atoms with Crippen molar-refractivity contribution in [3.05, 3.63) is 59.7 Å². The number of ether oxygens (including phenoxy) is 1. The van der Waals surface area contributed by atoms with Crippen molar-refractivity contribution in [1.82, 2.24) is 0 Å². The van der Waals surface area contributed by atoms with E-state index in [0.717, 1.165) is 4.90 Å². The lowest BCUT2D eigenvalue weighted by Gasteiger charge is -2.15. The van der Waals surface area contributed by atoms with Crippen molar-refractivity contribution in [3.63, 3.8) is 0 Å². The fraction of sp³-hybridized carbons (Fsp3) is 0.150. The van der Waals surface area contributed by atoms with Gasteiger partial charge in [-0.25, -0.2) is 0 Å². The minimum atomic E-state index is -0.840. The summed E-state index contributed by atoms with van der Waals surface area (Å²) in [6, 6.07) is 12.8. The van der Waals surface area contributed by atoms with E-state index in [1.54, 1.807) is 42.5 Å². The molecule has 0 radical (unpaired) electrons. The Labute approximate surface area is 160 Å². The lowest BCUT2D eigenvalue weighted by molar-refractivity contribution is -0.146. The van der Waals surface area contributed by atoms with Gasteiger partial charge in [0.2, 0.25) is 0 Å². The van der Waals surface area contributed by atoms with Gasteiger partial charge in [0.15, 0.2) is 12.4 Å². The number of para-hydroxylation sites is 2. The molecule has 1 aliphatic heterocycles. The van der Waals surface area contributed by atoms with Gasteiger partial charge in [-0.15, -0.1) is 0 Å². The fourth-order valence-electron chi connectivity index (χ4n) is 2.81. The van der Waals surface area contributed by atoms with Crippen LogP contribution in [0.25, 0.3) is 0 Å². The van der Waals surface area contributed by atoms with Gasteiger partial charge in [-0.05, 0) is 31.2 Å². The lowest BCUT2D eigenvalue weighted by atomic mass is 10.1. The molecule has 0 fully saturated rings. The third kappa shape index (κ3) is 3.80. The lowest BCUT2D eigenvalue weighted by Crippen LogP contribution is -2.36. The number of nitrogens with zero attached hydrogens (tertiary/aromatic N) is 1. The van der Waals surface area contributed by atoms with Gasteiger partial charge < -0.3 is 10.1 Å². The summed E-state index contributed by atoms with van der Waals surface area (Å²) in [7, 11) is 0. The maximum absolute atomic E-state index is 12.0. The van der Waals surface area contributed by atoms with Gasteiger partial charge in [-0.1, -0.05) is 24.3 Å². The molecule has 8 heteroatoms. The van der Waals surface area contributed by atoms with Gasteiger partial charge in [-0.2, -0.15) is 0 Å². The van der Waals surface area contributed by atoms with Crippen molar-refractivity contribution in [2.75, 3.05) is 23.4 Å². The molecule has 0 aliphatic carbocycles. The zero-order chi connectivity index (χ0) is 20.3. The smallest absolute Gasteiger partial charge is 0.326 e. The molecule has 8 nitrogen and oxygen atoms in total. The van der Waals surface area contributed by atoms with Gasteiger partial charge in [0.05, 0.1) is 16.9 Å². The van der Waals surface area contributed by atoms with E-state index in [4.69, 9.17) is 4.74 Å². The van der Waals surface area contributed by atoms with Gasteiger partial charge >= 0.3 is 5.97 Å². The number of ketones is 2. The highest BCUT2D eigenvalue weighted by atomic mass is 16.5. The summed E-state index contributed by atoms with van der Waals surface area (Å²) in [6.07, 6.45) is 0. The van der Waals surface area contributed by atoms with Crippen LogP contribution in [0.1, 0.15) is 27.6 Å². The van der Waals surface area contributed by atoms with Crippen LogP contribution in [0.4, 0.5) is 11.4 Å². The molecule has 1 heterocycles. The number of carbonyl (C=O) groups excluding carboxylic acids is 5. The molecular formula is C20H16N2O6. The van der Waals surface area contributed by atoms with Crippen LogP contribution in [0.15, 0.2) is 48.5 Å². The van der Waals surface area contributed by atoms with Crippen LogP contribution < -0.4 is 10.2 Å². The number of esters is 1. The van der Waals surface area contributed by atoms with Crippen LogP contribution in [0.3, 0.4) is 0 Å². The number of hydrogen-bond acceptors (Lipinski definition) is 6. The molecule has 1 N–H and O–H groups in total. The molecule has 0 spiro atoms. The Balaban J connectivity index is 1.58. The summed E-state index contributed by atoms with van der Waals surface area (Å²) in [6.45, 7) is 0.290. The highest BCUT2D eigenvalue weighted by molar-refractivity contribution is 6.52. The number of hydrogen-bond donors (Lipinski definition) is 1. The van der Waals surface area contributed by atoms with Crippen molar-refractivity contribution in [1.29, 1.82) is 0 Å². The average Bonchev–Trinajstić information content (AvgIpc) is 2.92. The van der Waals surface area contributed by atoms with Crippen LogP contribution in [-0.4, -0.2) is 42.5 Å². The first-order valence-corrected chi connectivity index (χ1v) is 8.39. The second-order valence-electron chi connectivity index (χ2n) is 6.05. The van der Waals surface area contributed by atoms with Crippen molar-refractivity contribution < 1.29 is 28.7 Å². The van der Waals surface area contributed by atoms with E-state index in [1.165, 1.54) is 13.0 Å². The second-order valence-corrected chi connectivity index (χ2v) is 6.05. The molecule has 2 aromatic rings. The molecule has 0 saturated heterocycles. The Hall–Kier alpha value is -3.81. The maximum atomic E-state index is 12.0. The SMILES string of the molecule is CC(=O)c1ccccc1NC(=O)COC(=O)CN1C(=O)C(=O)c2ccccc21. The molecule has 0 atom stereocenters. The Bertz CT molecular complexity index is 998. The van der Waals surface area contributed by atoms with Crippen LogP contribution >= 0.6 is 0 Å². The Morgan fingerprint density at radius 3 is 2.43 bits per heavy atom. The third-order valence-electron chi connectivity index (χ3n) is 4.11. The van der Waals surface area contributed by atoms with Crippen LogP contribution in [0.5, 0.6) is 0 Å². The molecule has 3 rings (SSSR count). The second kappa shape index (κ2) is 7.83. The number of fused-ring (bicyclic) bond motifs is 1. The summed E-state index contributed by atoms with van der Waals surface area (Å²) < 4.78 is 4.90. The van der Waals surface area contributed by atoms with Gasteiger partial charge in [0.25, 0.3) is 17.6 Å². The Kier molecular flexibility index (Phi) is 5.30. The summed E-state index contributed by atoms with van der Waals surface area (Å²) in [5, 5.41) is 2.50. The molecule has 2 amide bonds. The number of anilines is 2. The Morgan fingerprint density at radius 2 is 1.68 bits per heavy atom. The molecular weight excluding hydrogens is 364 g/mol. The van der Waals surface area contributed by atoms with Crippen LogP contribution in [0.2, 0.25) is 0 Å². The van der Waals surface area contributed by atoms with E-state index in [2.05, 4.69) is 5.32 Å². The monoisotopic (exact) mass is 380 g/mol. The van der Waals surface area contributed by atoms with Crippen LogP contribution in [0, 0.1) is 0 Å². The van der Waals surface area contributed by atoms with Crippen LogP contribution in [-0.2, 0) is 19.1 Å². The first kappa shape index (κ1) is 19.0. The fourth-order valence-corrected chi connectivity index (χ4v) is 2.81. The molecule has 142 valence electrons. The van der Waals surface area contributed by atoms with E-state index < -0.39 is 36.7 Å². The topological polar surface area (TPSA) is 110 Å². The molecule has 0 aromatic heterocycles. The predicted molar refractivity (Wildman–Crippen MR) is 99.2 cm³/mol. The van der Waals surface area contributed by atoms with E-state index in [-0.39, 0.29) is 11.3 Å². The van der Waals surface area contributed by atoms with Crippen molar-refractivity contribution in [2.24, 2.45) is 0 Å². The van der Waals surface area contributed by atoms with E-state index in [1.807, 2.05) is 0 Å². The highest BCUT2D eigenvalue weighted by Gasteiger charge is 2.36. The number of carbonyl (C=O) groups is 5. The normalized spacial score (nSPS) is 12.5. The Morgan fingerprint density at radius 1 is 1.00 bits per heavy atom.